The zero-order valence-corrected chi connectivity index (χ0v) is 12.1. The Labute approximate surface area is 113 Å². The van der Waals surface area contributed by atoms with Crippen LogP contribution in [0.15, 0.2) is 22.6 Å². The molecule has 1 aromatic carbocycles. The first kappa shape index (κ1) is 11.9. The lowest BCUT2D eigenvalue weighted by Crippen LogP contribution is -2.09. The van der Waals surface area contributed by atoms with E-state index in [1.807, 2.05) is 12.1 Å². The van der Waals surface area contributed by atoms with Crippen molar-refractivity contribution in [2.24, 2.45) is 5.73 Å². The minimum Gasteiger partial charge on any atom is -0.460 e. The Kier molecular flexibility index (Phi) is 3.21. The second kappa shape index (κ2) is 4.33. The van der Waals surface area contributed by atoms with Gasteiger partial charge in [-0.3, -0.25) is 0 Å². The molecule has 0 aliphatic carbocycles. The molecule has 2 rings (SSSR count). The molecule has 2 N–H and O–H groups in total. The number of hydrogen-bond donors (Lipinski definition) is 1. The van der Waals surface area contributed by atoms with Gasteiger partial charge >= 0.3 is 0 Å². The van der Waals surface area contributed by atoms with E-state index in [2.05, 4.69) is 42.5 Å². The highest BCUT2D eigenvalue weighted by molar-refractivity contribution is 14.1. The quantitative estimate of drug-likeness (QED) is 0.665. The summed E-state index contributed by atoms with van der Waals surface area (Å²) in [5.74, 6) is 1.38. The van der Waals surface area contributed by atoms with Crippen molar-refractivity contribution in [3.8, 4) is 0 Å². The van der Waals surface area contributed by atoms with Gasteiger partial charge < -0.3 is 10.2 Å². The van der Waals surface area contributed by atoms with Crippen LogP contribution >= 0.6 is 34.8 Å². The molecule has 1 aromatic heterocycles. The first-order chi connectivity index (χ1) is 7.49. The Balaban J connectivity index is 2.68. The van der Waals surface area contributed by atoms with E-state index in [1.54, 1.807) is 0 Å². The third-order valence-corrected chi connectivity index (χ3v) is 3.48. The van der Waals surface area contributed by atoms with Crippen molar-refractivity contribution in [3.63, 3.8) is 0 Å². The van der Waals surface area contributed by atoms with Crippen LogP contribution in [0.2, 0.25) is 0 Å². The molecule has 0 amide bonds. The fourth-order valence-electron chi connectivity index (χ4n) is 1.56. The van der Waals surface area contributed by atoms with Crippen molar-refractivity contribution in [1.29, 1.82) is 0 Å². The molecule has 2 nitrogen and oxygen atoms in total. The molecule has 0 spiro atoms. The zero-order valence-electron chi connectivity index (χ0n) is 9.08. The summed E-state index contributed by atoms with van der Waals surface area (Å²) in [6.07, 6.45) is 0. The Hall–Kier alpha value is -0.620. The summed E-state index contributed by atoms with van der Waals surface area (Å²) in [6, 6.07) is 6.00. The van der Waals surface area contributed by atoms with Crippen LogP contribution in [0.25, 0.3) is 11.0 Å². The van der Waals surface area contributed by atoms with Crippen molar-refractivity contribution < 1.29 is 4.42 Å². The smallest absolute Gasteiger partial charge is 0.147 e. The van der Waals surface area contributed by atoms with Gasteiger partial charge in [0, 0.05) is 16.9 Å². The first-order valence-corrected chi connectivity index (χ1v) is 6.50. The van der Waals surface area contributed by atoms with Crippen LogP contribution in [-0.2, 0) is 0 Å². The van der Waals surface area contributed by atoms with E-state index >= 15 is 0 Å². The number of fused-ring (bicyclic) bond motifs is 1. The largest absolute Gasteiger partial charge is 0.460 e. The second-order valence-corrected chi connectivity index (χ2v) is 5.65. The van der Waals surface area contributed by atoms with Crippen LogP contribution < -0.4 is 5.73 Å². The van der Waals surface area contributed by atoms with Crippen molar-refractivity contribution in [3.05, 3.63) is 33.1 Å². The van der Waals surface area contributed by atoms with Gasteiger partial charge in [-0.15, -0.1) is 0 Å². The predicted octanol–water partition coefficient (Wildman–Crippen LogP) is 3.80. The van der Waals surface area contributed by atoms with Crippen LogP contribution in [-0.4, -0.2) is 4.99 Å². The standard InChI is InChI=1S/C12H12INOS/c1-6(2)10-5-7-3-8(12(14)16)4-9(13)11(7)15-10/h3-6H,1-2H3,(H2,14,16). The van der Waals surface area contributed by atoms with Gasteiger partial charge in [0.1, 0.15) is 16.3 Å². The van der Waals surface area contributed by atoms with Gasteiger partial charge in [0.15, 0.2) is 0 Å². The van der Waals surface area contributed by atoms with E-state index in [1.165, 1.54) is 0 Å². The first-order valence-electron chi connectivity index (χ1n) is 5.02. The highest BCUT2D eigenvalue weighted by Crippen LogP contribution is 2.29. The summed E-state index contributed by atoms with van der Waals surface area (Å²) in [5.41, 5.74) is 7.45. The summed E-state index contributed by atoms with van der Waals surface area (Å²) in [5, 5.41) is 1.07. The number of furan rings is 1. The van der Waals surface area contributed by atoms with Crippen LogP contribution in [0.4, 0.5) is 0 Å². The Morgan fingerprint density at radius 1 is 1.38 bits per heavy atom. The number of benzene rings is 1. The van der Waals surface area contributed by atoms with Crippen LogP contribution in [0.1, 0.15) is 31.1 Å². The highest BCUT2D eigenvalue weighted by atomic mass is 127. The summed E-state index contributed by atoms with van der Waals surface area (Å²) in [4.78, 5) is 0.423. The molecular formula is C12H12INOS. The number of hydrogen-bond acceptors (Lipinski definition) is 2. The molecule has 0 saturated carbocycles. The SMILES string of the molecule is CC(C)c1cc2cc(C(N)=S)cc(I)c2o1. The molecule has 0 fully saturated rings. The van der Waals surface area contributed by atoms with Gasteiger partial charge in [0.05, 0.1) is 3.57 Å². The van der Waals surface area contributed by atoms with Gasteiger partial charge in [-0.1, -0.05) is 26.1 Å². The topological polar surface area (TPSA) is 39.2 Å². The van der Waals surface area contributed by atoms with Crippen LogP contribution in [0.3, 0.4) is 0 Å². The van der Waals surface area contributed by atoms with E-state index in [0.717, 1.165) is 25.9 Å². The molecule has 0 radical (unpaired) electrons. The third-order valence-electron chi connectivity index (χ3n) is 2.44. The van der Waals surface area contributed by atoms with Gasteiger partial charge in [-0.25, -0.2) is 0 Å². The molecule has 4 heteroatoms. The molecule has 0 saturated heterocycles. The normalized spacial score (nSPS) is 11.2. The molecule has 0 aliphatic rings. The van der Waals surface area contributed by atoms with Gasteiger partial charge in [-0.05, 0) is 40.8 Å². The second-order valence-electron chi connectivity index (χ2n) is 4.04. The number of halogens is 1. The van der Waals surface area contributed by atoms with Crippen molar-refractivity contribution in [1.82, 2.24) is 0 Å². The molecule has 0 aliphatic heterocycles. The number of nitrogens with two attached hydrogens (primary N) is 1. The third kappa shape index (κ3) is 2.08. The Morgan fingerprint density at radius 2 is 2.06 bits per heavy atom. The van der Waals surface area contributed by atoms with Crippen LogP contribution in [0, 0.1) is 3.57 Å². The lowest BCUT2D eigenvalue weighted by atomic mass is 10.1. The predicted molar refractivity (Wildman–Crippen MR) is 78.9 cm³/mol. The maximum Gasteiger partial charge on any atom is 0.147 e. The Bertz CT molecular complexity index is 559. The fourth-order valence-corrected chi connectivity index (χ4v) is 2.43. The van der Waals surface area contributed by atoms with E-state index in [0.29, 0.717) is 10.9 Å². The average Bonchev–Trinajstić information content (AvgIpc) is 2.61. The van der Waals surface area contributed by atoms with Gasteiger partial charge in [0.2, 0.25) is 0 Å². The maximum absolute atomic E-state index is 5.80. The monoisotopic (exact) mass is 345 g/mol. The van der Waals surface area contributed by atoms with E-state index in [4.69, 9.17) is 22.4 Å². The van der Waals surface area contributed by atoms with Crippen LogP contribution in [0.5, 0.6) is 0 Å². The highest BCUT2D eigenvalue weighted by Gasteiger charge is 2.11. The number of thiocarbonyl (C=S) groups is 1. The van der Waals surface area contributed by atoms with Crippen molar-refractivity contribution in [2.45, 2.75) is 19.8 Å². The summed E-state index contributed by atoms with van der Waals surface area (Å²) in [6.45, 7) is 4.22. The molecule has 0 bridgehead atoms. The maximum atomic E-state index is 5.80. The summed E-state index contributed by atoms with van der Waals surface area (Å²) < 4.78 is 6.85. The zero-order chi connectivity index (χ0) is 11.9. The molecule has 1 heterocycles. The fraction of sp³-hybridized carbons (Fsp3) is 0.250. The number of rotatable bonds is 2. The molecule has 0 unspecified atom stereocenters. The molecule has 2 aromatic rings. The Morgan fingerprint density at radius 3 is 2.62 bits per heavy atom. The van der Waals surface area contributed by atoms with Gasteiger partial charge in [0.25, 0.3) is 0 Å². The minimum atomic E-state index is 0.386. The summed E-state index contributed by atoms with van der Waals surface area (Å²) in [7, 11) is 0. The van der Waals surface area contributed by atoms with E-state index in [-0.39, 0.29) is 0 Å². The minimum absolute atomic E-state index is 0.386. The van der Waals surface area contributed by atoms with E-state index < -0.39 is 0 Å². The average molecular weight is 345 g/mol. The van der Waals surface area contributed by atoms with E-state index in [9.17, 15) is 0 Å². The molecule has 16 heavy (non-hydrogen) atoms. The lowest BCUT2D eigenvalue weighted by Gasteiger charge is -1.99. The van der Waals surface area contributed by atoms with Crippen molar-refractivity contribution in [2.75, 3.05) is 0 Å². The molecule has 84 valence electrons. The summed E-state index contributed by atoms with van der Waals surface area (Å²) >= 11 is 7.23. The molecule has 0 atom stereocenters. The lowest BCUT2D eigenvalue weighted by molar-refractivity contribution is 0.520. The van der Waals surface area contributed by atoms with Crippen molar-refractivity contribution >= 4 is 50.8 Å². The van der Waals surface area contributed by atoms with Gasteiger partial charge in [-0.2, -0.15) is 0 Å². The molecular weight excluding hydrogens is 333 g/mol.